The molecule has 2 rings (SSSR count). The number of carbonyl (C=O) groups excluding carboxylic acids is 1. The number of nitrogens with one attached hydrogen (secondary N) is 2. The van der Waals surface area contributed by atoms with Gasteiger partial charge in [-0.25, -0.2) is 4.79 Å². The Morgan fingerprint density at radius 1 is 1.48 bits per heavy atom. The van der Waals surface area contributed by atoms with Gasteiger partial charge in [0.15, 0.2) is 0 Å². The maximum atomic E-state index is 12.7. The minimum atomic E-state index is -4.48. The van der Waals surface area contributed by atoms with Gasteiger partial charge in [0.25, 0.3) is 0 Å². The predicted molar refractivity (Wildman–Crippen MR) is 74.5 cm³/mol. The zero-order valence-corrected chi connectivity index (χ0v) is 12.1. The van der Waals surface area contributed by atoms with E-state index in [9.17, 15) is 18.0 Å². The molecule has 4 nitrogen and oxygen atoms in total. The van der Waals surface area contributed by atoms with Crippen molar-refractivity contribution < 1.29 is 18.0 Å². The molecule has 1 unspecified atom stereocenters. The number of rotatable bonds is 1. The molecule has 2 N–H and O–H groups in total. The fourth-order valence-electron chi connectivity index (χ4n) is 2.11. The van der Waals surface area contributed by atoms with Crippen molar-refractivity contribution in [2.75, 3.05) is 25.0 Å². The van der Waals surface area contributed by atoms with Gasteiger partial charge in [-0.15, -0.1) is 0 Å². The van der Waals surface area contributed by atoms with Gasteiger partial charge in [-0.2, -0.15) is 13.2 Å². The molecule has 1 saturated heterocycles. The van der Waals surface area contributed by atoms with Crippen LogP contribution in [0.2, 0.25) is 5.02 Å². The first kappa shape index (κ1) is 15.9. The summed E-state index contributed by atoms with van der Waals surface area (Å²) in [5, 5.41) is 5.68. The van der Waals surface area contributed by atoms with Gasteiger partial charge in [0, 0.05) is 25.7 Å². The molecule has 2 amide bonds. The third-order valence-corrected chi connectivity index (χ3v) is 3.52. The number of nitrogens with zero attached hydrogens (tertiary/aromatic N) is 1. The lowest BCUT2D eigenvalue weighted by Crippen LogP contribution is -2.52. The molecule has 0 bridgehead atoms. The molecule has 1 aromatic rings. The largest absolute Gasteiger partial charge is 0.416 e. The van der Waals surface area contributed by atoms with Crippen molar-refractivity contribution in [1.82, 2.24) is 10.2 Å². The predicted octanol–water partition coefficient (Wildman–Crippen LogP) is 3.18. The lowest BCUT2D eigenvalue weighted by atomic mass is 10.2. The molecule has 0 saturated carbocycles. The van der Waals surface area contributed by atoms with E-state index in [0.717, 1.165) is 18.2 Å². The van der Waals surface area contributed by atoms with Gasteiger partial charge in [-0.3, -0.25) is 0 Å². The van der Waals surface area contributed by atoms with Gasteiger partial charge < -0.3 is 15.5 Å². The van der Waals surface area contributed by atoms with Crippen molar-refractivity contribution in [3.8, 4) is 0 Å². The molecule has 1 atom stereocenters. The Morgan fingerprint density at radius 3 is 2.81 bits per heavy atom. The normalized spacial score (nSPS) is 19.5. The highest BCUT2D eigenvalue weighted by Gasteiger charge is 2.31. The number of alkyl halides is 3. The lowest BCUT2D eigenvalue weighted by molar-refractivity contribution is -0.137. The number of hydrogen-bond acceptors (Lipinski definition) is 2. The number of carbonyl (C=O) groups is 1. The SMILES string of the molecule is CC1CN(C(=O)Nc2cc(C(F)(F)F)ccc2Cl)CCN1. The van der Waals surface area contributed by atoms with Gasteiger partial charge in [0.1, 0.15) is 0 Å². The molecular formula is C13H15ClF3N3O. The zero-order chi connectivity index (χ0) is 15.6. The molecule has 8 heteroatoms. The van der Waals surface area contributed by atoms with Crippen LogP contribution >= 0.6 is 11.6 Å². The monoisotopic (exact) mass is 321 g/mol. The Kier molecular flexibility index (Phi) is 4.63. The quantitative estimate of drug-likeness (QED) is 0.834. The molecule has 21 heavy (non-hydrogen) atoms. The van der Waals surface area contributed by atoms with E-state index >= 15 is 0 Å². The fourth-order valence-corrected chi connectivity index (χ4v) is 2.27. The highest BCUT2D eigenvalue weighted by Crippen LogP contribution is 2.33. The van der Waals surface area contributed by atoms with Crippen LogP contribution in [-0.2, 0) is 6.18 Å². The Bertz CT molecular complexity index is 536. The van der Waals surface area contributed by atoms with Crippen LogP contribution in [0.5, 0.6) is 0 Å². The van der Waals surface area contributed by atoms with Crippen LogP contribution in [0.3, 0.4) is 0 Å². The Morgan fingerprint density at radius 2 is 2.19 bits per heavy atom. The summed E-state index contributed by atoms with van der Waals surface area (Å²) in [6.07, 6.45) is -4.48. The highest BCUT2D eigenvalue weighted by atomic mass is 35.5. The van der Waals surface area contributed by atoms with Crippen molar-refractivity contribution >= 4 is 23.3 Å². The number of benzene rings is 1. The van der Waals surface area contributed by atoms with E-state index in [1.807, 2.05) is 6.92 Å². The summed E-state index contributed by atoms with van der Waals surface area (Å²) >= 11 is 5.85. The molecule has 1 aromatic carbocycles. The smallest absolute Gasteiger partial charge is 0.322 e. The first-order valence-electron chi connectivity index (χ1n) is 6.43. The van der Waals surface area contributed by atoms with Crippen molar-refractivity contribution in [2.24, 2.45) is 0 Å². The van der Waals surface area contributed by atoms with Crippen LogP contribution < -0.4 is 10.6 Å². The molecule has 0 aromatic heterocycles. The van der Waals surface area contributed by atoms with Crippen LogP contribution in [0.4, 0.5) is 23.7 Å². The standard InChI is InChI=1S/C13H15ClF3N3O/c1-8-7-20(5-4-18-8)12(21)19-11-6-9(13(15,16)17)2-3-10(11)14/h2-3,6,8,18H,4-5,7H2,1H3,(H,19,21). The highest BCUT2D eigenvalue weighted by molar-refractivity contribution is 6.33. The average molecular weight is 322 g/mol. The van der Waals surface area contributed by atoms with Gasteiger partial charge >= 0.3 is 12.2 Å². The summed E-state index contributed by atoms with van der Waals surface area (Å²) in [7, 11) is 0. The minimum absolute atomic E-state index is 0.0392. The average Bonchev–Trinajstić information content (AvgIpc) is 2.40. The van der Waals surface area contributed by atoms with Crippen molar-refractivity contribution in [3.05, 3.63) is 28.8 Å². The second-order valence-electron chi connectivity index (χ2n) is 4.92. The van der Waals surface area contributed by atoms with Crippen LogP contribution in [-0.4, -0.2) is 36.6 Å². The Balaban J connectivity index is 2.13. The lowest BCUT2D eigenvalue weighted by Gasteiger charge is -2.32. The molecular weight excluding hydrogens is 307 g/mol. The van der Waals surface area contributed by atoms with Crippen LogP contribution in [0, 0.1) is 0 Å². The number of anilines is 1. The second kappa shape index (κ2) is 6.11. The summed E-state index contributed by atoms with van der Waals surface area (Å²) in [4.78, 5) is 13.6. The van der Waals surface area contributed by atoms with Crippen LogP contribution in [0.1, 0.15) is 12.5 Å². The third-order valence-electron chi connectivity index (χ3n) is 3.19. The molecule has 1 fully saturated rings. The second-order valence-corrected chi connectivity index (χ2v) is 5.33. The van der Waals surface area contributed by atoms with E-state index in [0.29, 0.717) is 19.6 Å². The maximum absolute atomic E-state index is 12.7. The third kappa shape index (κ3) is 4.01. The summed E-state index contributed by atoms with van der Waals surface area (Å²) in [5.41, 5.74) is -0.890. The number of hydrogen-bond donors (Lipinski definition) is 2. The number of amides is 2. The van der Waals surface area contributed by atoms with Crippen molar-refractivity contribution in [3.63, 3.8) is 0 Å². The fraction of sp³-hybridized carbons (Fsp3) is 0.462. The van der Waals surface area contributed by atoms with Crippen LogP contribution in [0.15, 0.2) is 18.2 Å². The molecule has 1 aliphatic rings. The van der Waals surface area contributed by atoms with E-state index in [1.54, 1.807) is 0 Å². The molecule has 116 valence electrons. The summed E-state index contributed by atoms with van der Waals surface area (Å²) < 4.78 is 38.0. The Hall–Kier alpha value is -1.47. The molecule has 0 radical (unpaired) electrons. The first-order valence-corrected chi connectivity index (χ1v) is 6.81. The summed E-state index contributed by atoms with van der Waals surface area (Å²) in [5.74, 6) is 0. The molecule has 1 heterocycles. The van der Waals surface area contributed by atoms with Crippen LogP contribution in [0.25, 0.3) is 0 Å². The molecule has 1 aliphatic heterocycles. The maximum Gasteiger partial charge on any atom is 0.416 e. The van der Waals surface area contributed by atoms with Gasteiger partial charge in [0.05, 0.1) is 16.3 Å². The van der Waals surface area contributed by atoms with E-state index in [-0.39, 0.29) is 16.8 Å². The van der Waals surface area contributed by atoms with Gasteiger partial charge in [-0.05, 0) is 25.1 Å². The van der Waals surface area contributed by atoms with E-state index in [2.05, 4.69) is 10.6 Å². The van der Waals surface area contributed by atoms with Gasteiger partial charge in [-0.1, -0.05) is 11.6 Å². The number of urea groups is 1. The first-order chi connectivity index (χ1) is 9.77. The number of piperazine rings is 1. The van der Waals surface area contributed by atoms with E-state index in [4.69, 9.17) is 11.6 Å². The topological polar surface area (TPSA) is 44.4 Å². The van der Waals surface area contributed by atoms with E-state index in [1.165, 1.54) is 4.90 Å². The molecule has 0 aliphatic carbocycles. The van der Waals surface area contributed by atoms with Gasteiger partial charge in [0.2, 0.25) is 0 Å². The van der Waals surface area contributed by atoms with E-state index < -0.39 is 17.8 Å². The van der Waals surface area contributed by atoms with Crippen molar-refractivity contribution in [2.45, 2.75) is 19.1 Å². The number of halogens is 4. The zero-order valence-electron chi connectivity index (χ0n) is 11.3. The Labute approximate surface area is 125 Å². The summed E-state index contributed by atoms with van der Waals surface area (Å²) in [6.45, 7) is 3.55. The minimum Gasteiger partial charge on any atom is -0.322 e. The summed E-state index contributed by atoms with van der Waals surface area (Å²) in [6, 6.07) is 2.53. The molecule has 0 spiro atoms. The van der Waals surface area contributed by atoms with Crippen molar-refractivity contribution in [1.29, 1.82) is 0 Å².